The Hall–Kier alpha value is -3.65. The summed E-state index contributed by atoms with van der Waals surface area (Å²) in [5.74, 6) is 0.404. The number of nitriles is 1. The van der Waals surface area contributed by atoms with Crippen molar-refractivity contribution in [3.63, 3.8) is 0 Å². The Labute approximate surface area is 144 Å². The van der Waals surface area contributed by atoms with E-state index in [1.807, 2.05) is 60.7 Å². The van der Waals surface area contributed by atoms with Gasteiger partial charge in [-0.15, -0.1) is 5.10 Å². The van der Waals surface area contributed by atoms with Crippen LogP contribution in [0.15, 0.2) is 65.1 Å². The number of nitrogen functional groups attached to an aromatic ring is 1. The van der Waals surface area contributed by atoms with Crippen molar-refractivity contribution < 1.29 is 4.42 Å². The van der Waals surface area contributed by atoms with E-state index in [1.54, 1.807) is 0 Å². The number of aromatic nitrogens is 2. The van der Waals surface area contributed by atoms with Crippen molar-refractivity contribution >= 4 is 5.88 Å². The highest BCUT2D eigenvalue weighted by Gasteiger charge is 2.26. The maximum absolute atomic E-state index is 9.61. The molecule has 0 spiro atoms. The van der Waals surface area contributed by atoms with Gasteiger partial charge in [0.1, 0.15) is 11.6 Å². The smallest absolute Gasteiger partial charge is 0.250 e. The molecule has 2 aliphatic rings. The molecule has 0 aliphatic carbocycles. The minimum absolute atomic E-state index is 0.0556. The summed E-state index contributed by atoms with van der Waals surface area (Å²) < 4.78 is 5.55. The molecule has 0 radical (unpaired) electrons. The summed E-state index contributed by atoms with van der Waals surface area (Å²) in [7, 11) is 0. The highest BCUT2D eigenvalue weighted by molar-refractivity contribution is 5.89. The maximum Gasteiger partial charge on any atom is 0.250 e. The molecule has 2 aromatic rings. The van der Waals surface area contributed by atoms with E-state index in [1.165, 1.54) is 0 Å². The maximum atomic E-state index is 9.61. The highest BCUT2D eigenvalue weighted by atomic mass is 16.4. The lowest BCUT2D eigenvalue weighted by molar-refractivity contribution is 0.566. The van der Waals surface area contributed by atoms with Crippen molar-refractivity contribution in [2.75, 3.05) is 5.73 Å². The van der Waals surface area contributed by atoms with Gasteiger partial charge in [-0.2, -0.15) is 10.4 Å². The number of nitrogens with two attached hydrogens (primary N) is 1. The summed E-state index contributed by atoms with van der Waals surface area (Å²) in [6.07, 6.45) is 0.599. The highest BCUT2D eigenvalue weighted by Crippen LogP contribution is 2.41. The van der Waals surface area contributed by atoms with Crippen LogP contribution in [0.25, 0.3) is 22.6 Å². The Morgan fingerprint density at radius 3 is 2.28 bits per heavy atom. The normalized spacial score (nSPS) is 10.7. The van der Waals surface area contributed by atoms with E-state index in [-0.39, 0.29) is 5.88 Å². The summed E-state index contributed by atoms with van der Waals surface area (Å²) in [5, 5.41) is 18.0. The van der Waals surface area contributed by atoms with E-state index in [2.05, 4.69) is 16.3 Å². The van der Waals surface area contributed by atoms with Crippen molar-refractivity contribution in [3.05, 3.63) is 77.5 Å². The zero-order valence-electron chi connectivity index (χ0n) is 13.3. The van der Waals surface area contributed by atoms with E-state index in [0.29, 0.717) is 17.9 Å². The molecule has 5 heteroatoms. The molecule has 2 aromatic carbocycles. The second kappa shape index (κ2) is 6.10. The molecule has 0 fully saturated rings. The topological polar surface area (TPSA) is 88.7 Å². The number of anilines is 1. The summed E-state index contributed by atoms with van der Waals surface area (Å²) >= 11 is 0. The molecule has 0 saturated carbocycles. The molecule has 0 saturated heterocycles. The van der Waals surface area contributed by atoms with Crippen molar-refractivity contribution in [1.82, 2.24) is 10.2 Å². The SMILES string of the molecule is N#Cc1c(N)oc2nnc(Cc3ccccc3)c-2c1-c1ccccc1. The first-order chi connectivity index (χ1) is 12.3. The molecular formula is C20H14N4O. The molecule has 0 bridgehead atoms. The third kappa shape index (κ3) is 2.60. The van der Waals surface area contributed by atoms with E-state index >= 15 is 0 Å². The number of hydrogen-bond acceptors (Lipinski definition) is 5. The summed E-state index contributed by atoms with van der Waals surface area (Å²) in [6, 6.07) is 21.8. The Morgan fingerprint density at radius 2 is 1.60 bits per heavy atom. The lowest BCUT2D eigenvalue weighted by atomic mass is 9.93. The van der Waals surface area contributed by atoms with E-state index in [0.717, 1.165) is 27.9 Å². The quantitative estimate of drug-likeness (QED) is 0.617. The van der Waals surface area contributed by atoms with Gasteiger partial charge in [-0.1, -0.05) is 60.7 Å². The molecule has 25 heavy (non-hydrogen) atoms. The van der Waals surface area contributed by atoms with Gasteiger partial charge in [-0.3, -0.25) is 0 Å². The first kappa shape index (κ1) is 14.9. The largest absolute Gasteiger partial charge is 0.419 e. The van der Waals surface area contributed by atoms with Gasteiger partial charge in [-0.25, -0.2) is 0 Å². The molecule has 4 rings (SSSR count). The third-order valence-electron chi connectivity index (χ3n) is 4.11. The number of rotatable bonds is 3. The van der Waals surface area contributed by atoms with Crippen LogP contribution in [0.2, 0.25) is 0 Å². The number of fused-ring (bicyclic) bond motifs is 1. The number of nitrogens with zero attached hydrogens (tertiary/aromatic N) is 3. The average Bonchev–Trinajstić information content (AvgIpc) is 3.04. The number of hydrogen-bond donors (Lipinski definition) is 1. The number of benzene rings is 2. The minimum atomic E-state index is 0.0556. The van der Waals surface area contributed by atoms with Crippen LogP contribution in [-0.2, 0) is 6.42 Å². The standard InChI is InChI=1S/C20H14N4O/c21-12-15-17(14-9-5-2-6-10-14)18-16(11-13-7-3-1-4-8-13)23-24-20(18)25-19(15)22/h1-10H,11,22H2. The van der Waals surface area contributed by atoms with Gasteiger partial charge in [0, 0.05) is 12.0 Å². The van der Waals surface area contributed by atoms with Crippen molar-refractivity contribution in [2.24, 2.45) is 0 Å². The Morgan fingerprint density at radius 1 is 0.920 bits per heavy atom. The van der Waals surface area contributed by atoms with Crippen LogP contribution in [0.4, 0.5) is 5.88 Å². The van der Waals surface area contributed by atoms with Crippen LogP contribution >= 0.6 is 0 Å². The van der Waals surface area contributed by atoms with Crippen LogP contribution in [-0.4, -0.2) is 10.2 Å². The third-order valence-corrected chi connectivity index (χ3v) is 4.11. The summed E-state index contributed by atoms with van der Waals surface area (Å²) in [4.78, 5) is 0. The molecule has 5 nitrogen and oxygen atoms in total. The zero-order chi connectivity index (χ0) is 17.2. The van der Waals surface area contributed by atoms with E-state index in [4.69, 9.17) is 10.2 Å². The Balaban J connectivity index is 1.97. The summed E-state index contributed by atoms with van der Waals surface area (Å²) in [6.45, 7) is 0. The van der Waals surface area contributed by atoms with E-state index < -0.39 is 0 Å². The molecule has 2 aliphatic heterocycles. The molecule has 120 valence electrons. The lowest BCUT2D eigenvalue weighted by Gasteiger charge is -2.12. The fourth-order valence-electron chi connectivity index (χ4n) is 2.97. The average molecular weight is 326 g/mol. The van der Waals surface area contributed by atoms with Gasteiger partial charge in [0.25, 0.3) is 0 Å². The molecule has 0 atom stereocenters. The fourth-order valence-corrected chi connectivity index (χ4v) is 2.97. The monoisotopic (exact) mass is 326 g/mol. The molecule has 0 amide bonds. The lowest BCUT2D eigenvalue weighted by Crippen LogP contribution is -1.99. The van der Waals surface area contributed by atoms with Crippen molar-refractivity contribution in [1.29, 1.82) is 5.26 Å². The predicted octanol–water partition coefficient (Wildman–Crippen LogP) is 3.89. The fraction of sp³-hybridized carbons (Fsp3) is 0.0500. The molecule has 2 N–H and O–H groups in total. The van der Waals surface area contributed by atoms with Crippen LogP contribution in [0.5, 0.6) is 0 Å². The van der Waals surface area contributed by atoms with E-state index in [9.17, 15) is 5.26 Å². The Kier molecular flexibility index (Phi) is 3.64. The van der Waals surface area contributed by atoms with Crippen LogP contribution in [0.1, 0.15) is 16.8 Å². The second-order valence-electron chi connectivity index (χ2n) is 5.68. The van der Waals surface area contributed by atoms with Gasteiger partial charge in [0.05, 0.1) is 11.3 Å². The molecule has 2 heterocycles. The second-order valence-corrected chi connectivity index (χ2v) is 5.68. The molecule has 0 unspecified atom stereocenters. The van der Waals surface area contributed by atoms with Gasteiger partial charge in [0.15, 0.2) is 0 Å². The zero-order valence-corrected chi connectivity index (χ0v) is 13.3. The first-order valence-electron chi connectivity index (χ1n) is 7.85. The van der Waals surface area contributed by atoms with Crippen molar-refractivity contribution in [2.45, 2.75) is 6.42 Å². The van der Waals surface area contributed by atoms with Crippen LogP contribution in [0.3, 0.4) is 0 Å². The minimum Gasteiger partial charge on any atom is -0.419 e. The molecular weight excluding hydrogens is 312 g/mol. The predicted molar refractivity (Wildman–Crippen MR) is 94.7 cm³/mol. The van der Waals surface area contributed by atoms with Crippen LogP contribution in [0, 0.1) is 11.3 Å². The van der Waals surface area contributed by atoms with Gasteiger partial charge in [-0.05, 0) is 11.1 Å². The molecule has 0 aromatic heterocycles. The van der Waals surface area contributed by atoms with Gasteiger partial charge < -0.3 is 10.2 Å². The first-order valence-corrected chi connectivity index (χ1v) is 7.85. The van der Waals surface area contributed by atoms with Crippen LogP contribution < -0.4 is 5.73 Å². The van der Waals surface area contributed by atoms with Crippen molar-refractivity contribution in [3.8, 4) is 28.7 Å². The van der Waals surface area contributed by atoms with Gasteiger partial charge >= 0.3 is 0 Å². The van der Waals surface area contributed by atoms with Gasteiger partial charge in [0.2, 0.25) is 11.8 Å². The Bertz CT molecular complexity index is 1030. The summed E-state index contributed by atoms with van der Waals surface area (Å²) in [5.41, 5.74) is 10.5.